The van der Waals surface area contributed by atoms with Crippen LogP contribution in [0, 0.1) is 5.92 Å². The van der Waals surface area contributed by atoms with Crippen molar-refractivity contribution in [3.8, 4) is 0 Å². The number of halogens is 1. The second-order valence-electron chi connectivity index (χ2n) is 2.70. The lowest BCUT2D eigenvalue weighted by Gasteiger charge is -2.23. The van der Waals surface area contributed by atoms with Crippen LogP contribution in [-0.4, -0.2) is 15.7 Å². The quantitative estimate of drug-likeness (QED) is 0.542. The van der Waals surface area contributed by atoms with E-state index in [0.29, 0.717) is 6.04 Å². The Bertz CT molecular complexity index is 73.3. The first-order valence-corrected chi connectivity index (χ1v) is 4.48. The molecular weight excluding hydrogens is 225 g/mol. The summed E-state index contributed by atoms with van der Waals surface area (Å²) in [6.07, 6.45) is 0. The van der Waals surface area contributed by atoms with Gasteiger partial charge in [0.1, 0.15) is 0 Å². The Balaban J connectivity index is 3.58. The first kappa shape index (κ1) is 9.69. The van der Waals surface area contributed by atoms with E-state index >= 15 is 0 Å². The van der Waals surface area contributed by atoms with E-state index in [-0.39, 0.29) is 0 Å². The summed E-state index contributed by atoms with van der Waals surface area (Å²) >= 11 is 2.38. The standard InChI is InChI=1S/C7H16IN/c1-5-9(8)7(4)6(2)3/h6-7H,5H2,1-4H3. The van der Waals surface area contributed by atoms with Crippen LogP contribution in [0.5, 0.6) is 0 Å². The van der Waals surface area contributed by atoms with Gasteiger partial charge in [0, 0.05) is 35.5 Å². The molecule has 0 aliphatic heterocycles. The van der Waals surface area contributed by atoms with Crippen LogP contribution in [0.2, 0.25) is 0 Å². The molecular formula is C7H16IN. The third-order valence-electron chi connectivity index (χ3n) is 1.71. The maximum absolute atomic E-state index is 2.38. The predicted octanol–water partition coefficient (Wildman–Crippen LogP) is 2.70. The van der Waals surface area contributed by atoms with Crippen LogP contribution in [-0.2, 0) is 0 Å². The van der Waals surface area contributed by atoms with Gasteiger partial charge in [-0.15, -0.1) is 0 Å². The van der Waals surface area contributed by atoms with Gasteiger partial charge in [-0.05, 0) is 12.8 Å². The minimum atomic E-state index is 0.704. The molecule has 2 heteroatoms. The van der Waals surface area contributed by atoms with Gasteiger partial charge in [-0.1, -0.05) is 20.8 Å². The van der Waals surface area contributed by atoms with Crippen LogP contribution in [0.25, 0.3) is 0 Å². The zero-order valence-corrected chi connectivity index (χ0v) is 8.84. The Morgan fingerprint density at radius 1 is 1.33 bits per heavy atom. The molecule has 0 amide bonds. The van der Waals surface area contributed by atoms with Gasteiger partial charge in [0.15, 0.2) is 0 Å². The molecule has 0 spiro atoms. The summed E-state index contributed by atoms with van der Waals surface area (Å²) in [5.74, 6) is 0.766. The Morgan fingerprint density at radius 3 is 1.89 bits per heavy atom. The van der Waals surface area contributed by atoms with Crippen molar-refractivity contribution in [3.63, 3.8) is 0 Å². The van der Waals surface area contributed by atoms with Crippen molar-refractivity contribution in [2.75, 3.05) is 6.54 Å². The van der Waals surface area contributed by atoms with Crippen LogP contribution < -0.4 is 0 Å². The van der Waals surface area contributed by atoms with Crippen LogP contribution in [0.15, 0.2) is 0 Å². The summed E-state index contributed by atoms with van der Waals surface area (Å²) in [6, 6.07) is 0.704. The van der Waals surface area contributed by atoms with Gasteiger partial charge in [0.25, 0.3) is 0 Å². The van der Waals surface area contributed by atoms with Crippen molar-refractivity contribution in [3.05, 3.63) is 0 Å². The highest BCUT2D eigenvalue weighted by molar-refractivity contribution is 14.1. The average molecular weight is 241 g/mol. The minimum Gasteiger partial charge on any atom is -0.245 e. The molecule has 0 heterocycles. The molecule has 0 aliphatic rings. The molecule has 0 rings (SSSR count). The lowest BCUT2D eigenvalue weighted by molar-refractivity contribution is 0.335. The van der Waals surface area contributed by atoms with Crippen molar-refractivity contribution < 1.29 is 0 Å². The third-order valence-corrected chi connectivity index (χ3v) is 3.27. The van der Waals surface area contributed by atoms with E-state index in [2.05, 4.69) is 53.7 Å². The normalized spacial score (nSPS) is 15.0. The van der Waals surface area contributed by atoms with E-state index in [9.17, 15) is 0 Å². The smallest absolute Gasteiger partial charge is 0.0204 e. The van der Waals surface area contributed by atoms with E-state index in [4.69, 9.17) is 0 Å². The van der Waals surface area contributed by atoms with Crippen molar-refractivity contribution in [1.82, 2.24) is 3.11 Å². The monoisotopic (exact) mass is 241 g/mol. The molecule has 0 radical (unpaired) electrons. The van der Waals surface area contributed by atoms with Crippen molar-refractivity contribution in [2.24, 2.45) is 5.92 Å². The van der Waals surface area contributed by atoms with Gasteiger partial charge in [0.05, 0.1) is 0 Å². The molecule has 0 saturated heterocycles. The summed E-state index contributed by atoms with van der Waals surface area (Å²) in [4.78, 5) is 0. The summed E-state index contributed by atoms with van der Waals surface area (Å²) in [7, 11) is 0. The molecule has 0 aliphatic carbocycles. The topological polar surface area (TPSA) is 3.24 Å². The Kier molecular flexibility index (Phi) is 4.84. The first-order chi connectivity index (χ1) is 4.09. The number of nitrogens with zero attached hydrogens (tertiary/aromatic N) is 1. The molecule has 1 unspecified atom stereocenters. The fraction of sp³-hybridized carbons (Fsp3) is 1.00. The molecule has 56 valence electrons. The van der Waals surface area contributed by atoms with Crippen molar-refractivity contribution in [1.29, 1.82) is 0 Å². The molecule has 0 bridgehead atoms. The summed E-state index contributed by atoms with van der Waals surface area (Å²) in [5.41, 5.74) is 0. The second kappa shape index (κ2) is 4.50. The minimum absolute atomic E-state index is 0.704. The third kappa shape index (κ3) is 3.40. The van der Waals surface area contributed by atoms with Crippen LogP contribution >= 0.6 is 22.9 Å². The Morgan fingerprint density at radius 2 is 1.78 bits per heavy atom. The molecule has 0 fully saturated rings. The first-order valence-electron chi connectivity index (χ1n) is 3.52. The lowest BCUT2D eigenvalue weighted by atomic mass is 10.1. The Labute approximate surface area is 72.3 Å². The van der Waals surface area contributed by atoms with Gasteiger partial charge in [0.2, 0.25) is 0 Å². The summed E-state index contributed by atoms with van der Waals surface area (Å²) in [6.45, 7) is 10.1. The molecule has 9 heavy (non-hydrogen) atoms. The highest BCUT2D eigenvalue weighted by Crippen LogP contribution is 2.13. The number of hydrogen-bond acceptors (Lipinski definition) is 1. The van der Waals surface area contributed by atoms with E-state index in [1.807, 2.05) is 0 Å². The zero-order chi connectivity index (χ0) is 7.44. The molecule has 0 aromatic carbocycles. The molecule has 0 aromatic rings. The molecule has 0 saturated carbocycles. The SMILES string of the molecule is CCN(I)C(C)C(C)C. The fourth-order valence-corrected chi connectivity index (χ4v) is 1.25. The maximum atomic E-state index is 2.38. The van der Waals surface area contributed by atoms with Crippen LogP contribution in [0.1, 0.15) is 27.7 Å². The van der Waals surface area contributed by atoms with Crippen LogP contribution in [0.3, 0.4) is 0 Å². The Hall–Kier alpha value is 0.690. The fourth-order valence-electron chi connectivity index (χ4n) is 0.611. The van der Waals surface area contributed by atoms with Gasteiger partial charge in [-0.2, -0.15) is 0 Å². The maximum Gasteiger partial charge on any atom is 0.0204 e. The predicted molar refractivity (Wildman–Crippen MR) is 50.7 cm³/mol. The zero-order valence-electron chi connectivity index (χ0n) is 6.69. The van der Waals surface area contributed by atoms with E-state index < -0.39 is 0 Å². The van der Waals surface area contributed by atoms with Gasteiger partial charge in [-0.3, -0.25) is 0 Å². The van der Waals surface area contributed by atoms with E-state index in [0.717, 1.165) is 12.5 Å². The summed E-state index contributed by atoms with van der Waals surface area (Å²) in [5, 5.41) is 0. The average Bonchev–Trinajstić information content (AvgIpc) is 1.84. The van der Waals surface area contributed by atoms with Crippen LogP contribution in [0.4, 0.5) is 0 Å². The highest BCUT2D eigenvalue weighted by Gasteiger charge is 2.11. The van der Waals surface area contributed by atoms with E-state index in [1.165, 1.54) is 0 Å². The number of hydrogen-bond donors (Lipinski definition) is 0. The summed E-state index contributed by atoms with van der Waals surface area (Å²) < 4.78 is 2.34. The molecule has 1 nitrogen and oxygen atoms in total. The second-order valence-corrected chi connectivity index (χ2v) is 3.94. The van der Waals surface area contributed by atoms with Crippen molar-refractivity contribution >= 4 is 22.9 Å². The van der Waals surface area contributed by atoms with Gasteiger partial charge in [-0.25, -0.2) is 3.11 Å². The highest BCUT2D eigenvalue weighted by atomic mass is 127. The molecule has 0 N–H and O–H groups in total. The van der Waals surface area contributed by atoms with Crippen molar-refractivity contribution in [2.45, 2.75) is 33.7 Å². The van der Waals surface area contributed by atoms with E-state index in [1.54, 1.807) is 0 Å². The largest absolute Gasteiger partial charge is 0.245 e. The van der Waals surface area contributed by atoms with Gasteiger partial charge < -0.3 is 0 Å². The molecule has 1 atom stereocenters. The van der Waals surface area contributed by atoms with Gasteiger partial charge >= 0.3 is 0 Å². The molecule has 0 aromatic heterocycles. The number of rotatable bonds is 3. The lowest BCUT2D eigenvalue weighted by Crippen LogP contribution is -2.27.